The van der Waals surface area contributed by atoms with Gasteiger partial charge in [-0.05, 0) is 62.1 Å². The highest BCUT2D eigenvalue weighted by atomic mass is 19.4. The third kappa shape index (κ3) is 4.50. The Morgan fingerprint density at radius 3 is 2.51 bits per heavy atom. The highest BCUT2D eigenvalue weighted by molar-refractivity contribution is 5.55. The van der Waals surface area contributed by atoms with Crippen LogP contribution >= 0.6 is 0 Å². The molecule has 5 N–H and O–H groups in total. The van der Waals surface area contributed by atoms with Gasteiger partial charge in [-0.15, -0.1) is 0 Å². The van der Waals surface area contributed by atoms with Gasteiger partial charge in [0.2, 0.25) is 0 Å². The minimum Gasteiger partial charge on any atom is -0.295 e. The van der Waals surface area contributed by atoms with Gasteiger partial charge in [-0.25, -0.2) is 26.1 Å². The molecule has 204 valence electrons. The van der Waals surface area contributed by atoms with Gasteiger partial charge in [0.15, 0.2) is 0 Å². The number of halogens is 3. The van der Waals surface area contributed by atoms with Crippen molar-refractivity contribution >= 4 is 5.52 Å². The van der Waals surface area contributed by atoms with Crippen LogP contribution in [0.25, 0.3) is 5.52 Å². The van der Waals surface area contributed by atoms with Crippen molar-refractivity contribution in [1.82, 2.24) is 46.2 Å². The molecule has 0 bridgehead atoms. The molecule has 4 fully saturated rings. The van der Waals surface area contributed by atoms with Gasteiger partial charge in [0.05, 0.1) is 30.1 Å². The largest absolute Gasteiger partial charge is 0.418 e. The number of rotatable bonds is 5. The van der Waals surface area contributed by atoms with Crippen LogP contribution in [-0.2, 0) is 6.18 Å². The molecule has 2 aliphatic carbocycles. The molecule has 2 saturated heterocycles. The Hall–Kier alpha value is -2.00. The summed E-state index contributed by atoms with van der Waals surface area (Å²) >= 11 is 0. The standard InChI is InChI=1S/C24H36F3N9O/c1-33-13-28-29-22(33)20(14-5-3-6-14)15-9-16(21-30-31-32-34(21)2)11-17(10-15)36-12-19-18(24(25,26)27)7-4-8-35(19)23(36)37/h4,7-8,12,14-17,20-22,28-32H,3,5-6,9-11,13H2,1-2H3/t15?,16?,17?,20-,21?,22?/m0/s1. The lowest BCUT2D eigenvalue weighted by Crippen LogP contribution is -2.53. The van der Waals surface area contributed by atoms with E-state index in [9.17, 15) is 18.0 Å². The van der Waals surface area contributed by atoms with E-state index < -0.39 is 17.4 Å². The lowest BCUT2D eigenvalue weighted by molar-refractivity contribution is -0.136. The first kappa shape index (κ1) is 25.3. The normalized spacial score (nSPS) is 33.3. The Kier molecular flexibility index (Phi) is 6.58. The Morgan fingerprint density at radius 2 is 1.89 bits per heavy atom. The highest BCUT2D eigenvalue weighted by Gasteiger charge is 2.47. The molecule has 0 amide bonds. The van der Waals surface area contributed by atoms with Gasteiger partial charge in [-0.3, -0.25) is 13.9 Å². The van der Waals surface area contributed by atoms with Crippen molar-refractivity contribution in [2.75, 3.05) is 20.8 Å². The second kappa shape index (κ2) is 9.63. The Morgan fingerprint density at radius 1 is 1.08 bits per heavy atom. The topological polar surface area (TPSA) is 93.0 Å². The van der Waals surface area contributed by atoms with E-state index in [1.54, 1.807) is 4.57 Å². The van der Waals surface area contributed by atoms with Gasteiger partial charge in [-0.2, -0.15) is 24.2 Å². The maximum Gasteiger partial charge on any atom is 0.418 e. The first-order chi connectivity index (χ1) is 17.7. The zero-order valence-electron chi connectivity index (χ0n) is 21.1. The van der Waals surface area contributed by atoms with Gasteiger partial charge in [0, 0.05) is 25.5 Å². The molecule has 0 spiro atoms. The van der Waals surface area contributed by atoms with Crippen LogP contribution in [0.2, 0.25) is 0 Å². The first-order valence-electron chi connectivity index (χ1n) is 13.2. The van der Waals surface area contributed by atoms with E-state index in [4.69, 9.17) is 0 Å². The second-order valence-corrected chi connectivity index (χ2v) is 11.3. The second-order valence-electron chi connectivity index (χ2n) is 11.3. The molecule has 13 heteroatoms. The summed E-state index contributed by atoms with van der Waals surface area (Å²) in [5.74, 6) is 1.47. The van der Waals surface area contributed by atoms with E-state index in [0.717, 1.165) is 30.0 Å². The number of pyridine rings is 1. The monoisotopic (exact) mass is 523 g/mol. The number of imidazole rings is 1. The summed E-state index contributed by atoms with van der Waals surface area (Å²) in [6, 6.07) is 2.14. The lowest BCUT2D eigenvalue weighted by atomic mass is 9.63. The van der Waals surface area contributed by atoms with Gasteiger partial charge >= 0.3 is 11.9 Å². The molecule has 2 aromatic heterocycles. The molecule has 2 saturated carbocycles. The number of hydrogen-bond donors (Lipinski definition) is 5. The van der Waals surface area contributed by atoms with Crippen LogP contribution in [0.4, 0.5) is 13.2 Å². The summed E-state index contributed by atoms with van der Waals surface area (Å²) in [6.07, 6.45) is 4.57. The highest BCUT2D eigenvalue weighted by Crippen LogP contribution is 2.49. The Labute approximate surface area is 213 Å². The summed E-state index contributed by atoms with van der Waals surface area (Å²) in [5, 5.41) is 1.99. The van der Waals surface area contributed by atoms with Gasteiger partial charge in [-0.1, -0.05) is 19.3 Å². The maximum atomic E-state index is 13.8. The van der Waals surface area contributed by atoms with E-state index in [1.165, 1.54) is 37.7 Å². The minimum atomic E-state index is -4.53. The fourth-order valence-electron chi connectivity index (χ4n) is 7.20. The number of alkyl halides is 3. The lowest BCUT2D eigenvalue weighted by Gasteiger charge is -2.48. The zero-order chi connectivity index (χ0) is 25.9. The van der Waals surface area contributed by atoms with Crippen molar-refractivity contribution in [2.45, 2.75) is 63.1 Å². The third-order valence-electron chi connectivity index (χ3n) is 9.15. The predicted molar refractivity (Wildman–Crippen MR) is 131 cm³/mol. The van der Waals surface area contributed by atoms with Crippen molar-refractivity contribution in [1.29, 1.82) is 0 Å². The van der Waals surface area contributed by atoms with E-state index >= 15 is 0 Å². The molecule has 37 heavy (non-hydrogen) atoms. The average molecular weight is 524 g/mol. The number of nitrogens with zero attached hydrogens (tertiary/aromatic N) is 4. The summed E-state index contributed by atoms with van der Waals surface area (Å²) in [4.78, 5) is 15.8. The number of hydrazine groups is 4. The summed E-state index contributed by atoms with van der Waals surface area (Å²) < 4.78 is 44.0. The van der Waals surface area contributed by atoms with Crippen molar-refractivity contribution in [3.05, 3.63) is 40.6 Å². The zero-order valence-corrected chi connectivity index (χ0v) is 21.1. The molecule has 2 aliphatic heterocycles. The van der Waals surface area contributed by atoms with Crippen molar-refractivity contribution in [3.8, 4) is 0 Å². The molecule has 0 radical (unpaired) electrons. The molecule has 4 aliphatic rings. The number of hydrogen-bond acceptors (Lipinski definition) is 8. The molecule has 10 nitrogen and oxygen atoms in total. The predicted octanol–water partition coefficient (Wildman–Crippen LogP) is 1.60. The number of aromatic nitrogens is 2. The van der Waals surface area contributed by atoms with Gasteiger partial charge in [0.1, 0.15) is 0 Å². The van der Waals surface area contributed by atoms with Crippen LogP contribution in [0.3, 0.4) is 0 Å². The number of nitrogens with one attached hydrogen (secondary N) is 5. The van der Waals surface area contributed by atoms with Crippen LogP contribution in [0.5, 0.6) is 0 Å². The summed E-state index contributed by atoms with van der Waals surface area (Å²) in [6.45, 7) is 0.763. The van der Waals surface area contributed by atoms with Gasteiger partial charge in [0.25, 0.3) is 0 Å². The molecule has 6 atom stereocenters. The van der Waals surface area contributed by atoms with Gasteiger partial charge < -0.3 is 0 Å². The molecule has 0 aromatic carbocycles. The average Bonchev–Trinajstić information content (AvgIpc) is 3.54. The van der Waals surface area contributed by atoms with E-state index in [0.29, 0.717) is 24.2 Å². The van der Waals surface area contributed by atoms with Crippen LogP contribution in [0, 0.1) is 23.7 Å². The summed E-state index contributed by atoms with van der Waals surface area (Å²) in [7, 11) is 4.08. The third-order valence-corrected chi connectivity index (χ3v) is 9.15. The van der Waals surface area contributed by atoms with E-state index in [2.05, 4.69) is 39.3 Å². The van der Waals surface area contributed by atoms with Crippen LogP contribution in [0.15, 0.2) is 29.3 Å². The van der Waals surface area contributed by atoms with E-state index in [-0.39, 0.29) is 29.8 Å². The minimum absolute atomic E-state index is 0.00166. The fourth-order valence-corrected chi connectivity index (χ4v) is 7.20. The van der Waals surface area contributed by atoms with Crippen molar-refractivity contribution in [3.63, 3.8) is 0 Å². The molecule has 5 unspecified atom stereocenters. The van der Waals surface area contributed by atoms with E-state index in [1.807, 2.05) is 12.1 Å². The summed E-state index contributed by atoms with van der Waals surface area (Å²) in [5.41, 5.74) is 14.8. The number of fused-ring (bicyclic) bond motifs is 1. The fraction of sp³-hybridized carbons (Fsp3) is 0.708. The quantitative estimate of drug-likeness (QED) is 0.404. The molecular formula is C24H36F3N9O. The smallest absolute Gasteiger partial charge is 0.295 e. The van der Waals surface area contributed by atoms with Crippen LogP contribution in [0.1, 0.15) is 50.1 Å². The Balaban J connectivity index is 1.39. The maximum absolute atomic E-state index is 13.8. The Bertz CT molecular complexity index is 1180. The molecule has 6 rings (SSSR count). The molecule has 4 heterocycles. The SMILES string of the molecule is CN1CNNC1[C@@H](C1CCC1)C1CC(C2NNNN2C)CC(n2cc3c(C(F)(F)F)cccn3c2=O)C1. The van der Waals surface area contributed by atoms with Crippen LogP contribution < -0.4 is 33.0 Å². The van der Waals surface area contributed by atoms with Crippen molar-refractivity contribution < 1.29 is 13.2 Å². The van der Waals surface area contributed by atoms with Crippen molar-refractivity contribution in [2.24, 2.45) is 23.7 Å². The van der Waals surface area contributed by atoms with Crippen LogP contribution in [-0.4, -0.2) is 52.0 Å². The molecular weight excluding hydrogens is 487 g/mol. The molecule has 2 aromatic rings. The first-order valence-corrected chi connectivity index (χ1v) is 13.2.